The molecule has 4 nitrogen and oxygen atoms in total. The third kappa shape index (κ3) is 4.69. The fraction of sp³-hybridized carbons (Fsp3) is 0.300. The first-order chi connectivity index (χ1) is 11.2. The van der Waals surface area contributed by atoms with Gasteiger partial charge in [-0.15, -0.1) is 0 Å². The van der Waals surface area contributed by atoms with E-state index >= 15 is 0 Å². The first-order valence-corrected chi connectivity index (χ1v) is 7.94. The van der Waals surface area contributed by atoms with Gasteiger partial charge in [0.15, 0.2) is 0 Å². The molecule has 2 aromatic rings. The SMILES string of the molecule is C/C(=C\c1ccc(C(=O)NC(C)(C)C)cc1)c1ccc(=O)n(C)c1. The predicted octanol–water partition coefficient (Wildman–Crippen LogP) is 3.47. The van der Waals surface area contributed by atoms with E-state index < -0.39 is 0 Å². The second-order valence-corrected chi connectivity index (χ2v) is 7.02. The summed E-state index contributed by atoms with van der Waals surface area (Å²) in [5.41, 5.74) is 3.41. The van der Waals surface area contributed by atoms with Gasteiger partial charge < -0.3 is 9.88 Å². The lowest BCUT2D eigenvalue weighted by atomic mass is 10.0. The molecule has 0 fully saturated rings. The van der Waals surface area contributed by atoms with Crippen molar-refractivity contribution in [3.8, 4) is 0 Å². The molecule has 2 rings (SSSR count). The van der Waals surface area contributed by atoms with Crippen molar-refractivity contribution in [2.45, 2.75) is 33.2 Å². The van der Waals surface area contributed by atoms with Crippen molar-refractivity contribution in [3.05, 3.63) is 69.6 Å². The number of benzene rings is 1. The Balaban J connectivity index is 2.19. The Morgan fingerprint density at radius 1 is 1.04 bits per heavy atom. The number of aryl methyl sites for hydroxylation is 1. The van der Waals surface area contributed by atoms with E-state index in [1.165, 1.54) is 0 Å². The van der Waals surface area contributed by atoms with Gasteiger partial charge in [-0.1, -0.05) is 18.2 Å². The predicted molar refractivity (Wildman–Crippen MR) is 98.9 cm³/mol. The van der Waals surface area contributed by atoms with E-state index in [2.05, 4.69) is 5.32 Å². The van der Waals surface area contributed by atoms with Crippen molar-refractivity contribution in [2.24, 2.45) is 7.05 Å². The van der Waals surface area contributed by atoms with Crippen LogP contribution in [0.15, 0.2) is 47.4 Å². The Kier molecular flexibility index (Phi) is 5.07. The first-order valence-electron chi connectivity index (χ1n) is 7.94. The minimum absolute atomic E-state index is 0.0271. The van der Waals surface area contributed by atoms with Gasteiger partial charge >= 0.3 is 0 Å². The first kappa shape index (κ1) is 17.7. The van der Waals surface area contributed by atoms with Gasteiger partial charge in [0.1, 0.15) is 0 Å². The molecular weight excluding hydrogens is 300 g/mol. The number of rotatable bonds is 3. The highest BCUT2D eigenvalue weighted by molar-refractivity contribution is 5.95. The number of hydrogen-bond acceptors (Lipinski definition) is 2. The maximum absolute atomic E-state index is 12.1. The van der Waals surface area contributed by atoms with Gasteiger partial charge in [0.05, 0.1) is 0 Å². The molecule has 1 N–H and O–H groups in total. The summed E-state index contributed by atoms with van der Waals surface area (Å²) in [4.78, 5) is 23.6. The average molecular weight is 324 g/mol. The highest BCUT2D eigenvalue weighted by Crippen LogP contribution is 2.17. The molecule has 24 heavy (non-hydrogen) atoms. The van der Waals surface area contributed by atoms with Crippen molar-refractivity contribution in [1.29, 1.82) is 0 Å². The van der Waals surface area contributed by atoms with Crippen LogP contribution in [0.2, 0.25) is 0 Å². The third-order valence-corrected chi connectivity index (χ3v) is 3.59. The number of amides is 1. The standard InChI is InChI=1S/C20H24N2O2/c1-14(17-10-11-18(23)22(5)13-17)12-15-6-8-16(9-7-15)19(24)21-20(2,3)4/h6-13H,1-5H3,(H,21,24)/b14-12+. The minimum Gasteiger partial charge on any atom is -0.347 e. The summed E-state index contributed by atoms with van der Waals surface area (Å²) in [6.07, 6.45) is 3.85. The number of nitrogens with zero attached hydrogens (tertiary/aromatic N) is 1. The van der Waals surface area contributed by atoms with Crippen molar-refractivity contribution < 1.29 is 4.79 Å². The van der Waals surface area contributed by atoms with Crippen LogP contribution in [0.1, 0.15) is 49.2 Å². The molecular formula is C20H24N2O2. The lowest BCUT2D eigenvalue weighted by molar-refractivity contribution is 0.0919. The molecule has 126 valence electrons. The number of aromatic nitrogens is 1. The molecule has 4 heteroatoms. The monoisotopic (exact) mass is 324 g/mol. The van der Waals surface area contributed by atoms with E-state index in [1.807, 2.05) is 70.3 Å². The van der Waals surface area contributed by atoms with Gasteiger partial charge in [0.2, 0.25) is 5.56 Å². The van der Waals surface area contributed by atoms with Crippen molar-refractivity contribution in [3.63, 3.8) is 0 Å². The number of carbonyl (C=O) groups excluding carboxylic acids is 1. The zero-order valence-electron chi connectivity index (χ0n) is 14.9. The van der Waals surface area contributed by atoms with E-state index in [1.54, 1.807) is 17.7 Å². The summed E-state index contributed by atoms with van der Waals surface area (Å²) >= 11 is 0. The molecule has 1 aromatic heterocycles. The molecule has 0 aliphatic carbocycles. The summed E-state index contributed by atoms with van der Waals surface area (Å²) in [5, 5.41) is 2.95. The van der Waals surface area contributed by atoms with E-state index in [9.17, 15) is 9.59 Å². The smallest absolute Gasteiger partial charge is 0.251 e. The number of carbonyl (C=O) groups is 1. The summed E-state index contributed by atoms with van der Waals surface area (Å²) in [6, 6.07) is 10.9. The lowest BCUT2D eigenvalue weighted by Crippen LogP contribution is -2.40. The molecule has 0 bridgehead atoms. The van der Waals surface area contributed by atoms with Crippen LogP contribution in [-0.2, 0) is 7.05 Å². The Bertz CT molecular complexity index is 822. The molecule has 1 amide bonds. The molecule has 0 atom stereocenters. The zero-order valence-corrected chi connectivity index (χ0v) is 14.9. The fourth-order valence-electron chi connectivity index (χ4n) is 2.30. The van der Waals surface area contributed by atoms with Gasteiger partial charge in [0, 0.05) is 30.4 Å². The number of pyridine rings is 1. The van der Waals surface area contributed by atoms with Crippen LogP contribution in [0.3, 0.4) is 0 Å². The van der Waals surface area contributed by atoms with Crippen LogP contribution in [0.25, 0.3) is 11.6 Å². The van der Waals surface area contributed by atoms with Crippen molar-refractivity contribution in [2.75, 3.05) is 0 Å². The molecule has 0 spiro atoms. The van der Waals surface area contributed by atoms with Crippen LogP contribution < -0.4 is 10.9 Å². The Labute approximate surface area is 142 Å². The second-order valence-electron chi connectivity index (χ2n) is 7.02. The molecule has 0 saturated carbocycles. The average Bonchev–Trinajstić information content (AvgIpc) is 2.49. The molecule has 0 saturated heterocycles. The molecule has 1 heterocycles. The quantitative estimate of drug-likeness (QED) is 0.940. The zero-order chi connectivity index (χ0) is 17.9. The van der Waals surface area contributed by atoms with Crippen LogP contribution in [-0.4, -0.2) is 16.0 Å². The third-order valence-electron chi connectivity index (χ3n) is 3.59. The van der Waals surface area contributed by atoms with Crippen LogP contribution in [0.4, 0.5) is 0 Å². The van der Waals surface area contributed by atoms with E-state index in [0.717, 1.165) is 16.7 Å². The Morgan fingerprint density at radius 3 is 2.17 bits per heavy atom. The molecule has 0 aliphatic heterocycles. The van der Waals surface area contributed by atoms with Crippen LogP contribution in [0, 0.1) is 0 Å². The van der Waals surface area contributed by atoms with Gasteiger partial charge in [-0.3, -0.25) is 9.59 Å². The topological polar surface area (TPSA) is 51.1 Å². The van der Waals surface area contributed by atoms with E-state index in [4.69, 9.17) is 0 Å². The van der Waals surface area contributed by atoms with Gasteiger partial charge in [0.25, 0.3) is 5.91 Å². The van der Waals surface area contributed by atoms with Crippen LogP contribution in [0.5, 0.6) is 0 Å². The Morgan fingerprint density at radius 2 is 1.62 bits per heavy atom. The summed E-state index contributed by atoms with van der Waals surface area (Å²) in [5.74, 6) is -0.0761. The highest BCUT2D eigenvalue weighted by Gasteiger charge is 2.14. The van der Waals surface area contributed by atoms with Crippen molar-refractivity contribution >= 4 is 17.6 Å². The van der Waals surface area contributed by atoms with Gasteiger partial charge in [-0.2, -0.15) is 0 Å². The molecule has 0 aliphatic rings. The van der Waals surface area contributed by atoms with Crippen LogP contribution >= 0.6 is 0 Å². The van der Waals surface area contributed by atoms with Crippen molar-refractivity contribution in [1.82, 2.24) is 9.88 Å². The summed E-state index contributed by atoms with van der Waals surface area (Å²) in [7, 11) is 1.74. The van der Waals surface area contributed by atoms with E-state index in [0.29, 0.717) is 5.56 Å². The number of hydrogen-bond donors (Lipinski definition) is 1. The highest BCUT2D eigenvalue weighted by atomic mass is 16.1. The normalized spacial score (nSPS) is 12.1. The number of nitrogens with one attached hydrogen (secondary N) is 1. The maximum atomic E-state index is 12.1. The second kappa shape index (κ2) is 6.87. The molecule has 0 unspecified atom stereocenters. The molecule has 1 aromatic carbocycles. The largest absolute Gasteiger partial charge is 0.347 e. The van der Waals surface area contributed by atoms with Gasteiger partial charge in [-0.05, 0) is 62.6 Å². The summed E-state index contributed by atoms with van der Waals surface area (Å²) < 4.78 is 1.56. The summed E-state index contributed by atoms with van der Waals surface area (Å²) in [6.45, 7) is 7.87. The maximum Gasteiger partial charge on any atom is 0.251 e. The van der Waals surface area contributed by atoms with Gasteiger partial charge in [-0.25, -0.2) is 0 Å². The molecule has 0 radical (unpaired) electrons. The lowest BCUT2D eigenvalue weighted by Gasteiger charge is -2.20. The number of allylic oxidation sites excluding steroid dienone is 1. The Hall–Kier alpha value is -2.62. The fourth-order valence-corrected chi connectivity index (χ4v) is 2.30. The van der Waals surface area contributed by atoms with E-state index in [-0.39, 0.29) is 17.0 Å². The minimum atomic E-state index is -0.254.